The highest BCUT2D eigenvalue weighted by molar-refractivity contribution is 6.17. The van der Waals surface area contributed by atoms with Crippen molar-refractivity contribution in [1.29, 1.82) is 0 Å². The smallest absolute Gasteiger partial charge is 0.145 e. The van der Waals surface area contributed by atoms with Crippen LogP contribution in [-0.2, 0) is 0 Å². The number of furan rings is 1. The molecule has 0 fully saturated rings. The molecule has 0 saturated heterocycles. The zero-order valence-corrected chi connectivity index (χ0v) is 30.7. The lowest BCUT2D eigenvalue weighted by Gasteiger charge is -2.29. The summed E-state index contributed by atoms with van der Waals surface area (Å²) in [4.78, 5) is 2.43. The minimum atomic E-state index is 0.862. The van der Waals surface area contributed by atoms with Crippen LogP contribution in [0.1, 0.15) is 0 Å². The van der Waals surface area contributed by atoms with Crippen LogP contribution in [0, 0.1) is 0 Å². The van der Waals surface area contributed by atoms with Gasteiger partial charge in [0, 0.05) is 22.2 Å². The van der Waals surface area contributed by atoms with Crippen LogP contribution in [0.15, 0.2) is 229 Å². The summed E-state index contributed by atoms with van der Waals surface area (Å²) in [5.74, 6) is 0. The van der Waals surface area contributed by atoms with Crippen molar-refractivity contribution in [1.82, 2.24) is 0 Å². The molecule has 0 amide bonds. The van der Waals surface area contributed by atoms with Gasteiger partial charge in [-0.25, -0.2) is 0 Å². The van der Waals surface area contributed by atoms with Gasteiger partial charge in [0.05, 0.1) is 16.8 Å². The third-order valence-corrected chi connectivity index (χ3v) is 10.7. The molecule has 9 aromatic carbocycles. The number of fused-ring (bicyclic) bond motifs is 3. The Morgan fingerprint density at radius 2 is 0.786 bits per heavy atom. The number of nitrogens with zero attached hydrogens (tertiary/aromatic N) is 1. The van der Waals surface area contributed by atoms with Crippen LogP contribution in [0.5, 0.6) is 0 Å². The Morgan fingerprint density at radius 3 is 1.45 bits per heavy atom. The van der Waals surface area contributed by atoms with Crippen molar-refractivity contribution in [2.45, 2.75) is 0 Å². The predicted molar refractivity (Wildman–Crippen MR) is 236 cm³/mol. The van der Waals surface area contributed by atoms with Gasteiger partial charge in [-0.3, -0.25) is 0 Å². The van der Waals surface area contributed by atoms with Crippen LogP contribution in [-0.4, -0.2) is 0 Å². The van der Waals surface area contributed by atoms with E-state index >= 15 is 0 Å². The molecule has 0 saturated carbocycles. The van der Waals surface area contributed by atoms with E-state index in [4.69, 9.17) is 4.42 Å². The Kier molecular flexibility index (Phi) is 8.55. The van der Waals surface area contributed by atoms with Crippen molar-refractivity contribution < 1.29 is 4.42 Å². The van der Waals surface area contributed by atoms with Crippen molar-refractivity contribution >= 4 is 39.0 Å². The molecular weight excluding hydrogens is 679 g/mol. The Balaban J connectivity index is 1.25. The van der Waals surface area contributed by atoms with Crippen LogP contribution < -0.4 is 4.90 Å². The molecule has 0 atom stereocenters. The van der Waals surface area contributed by atoms with Gasteiger partial charge in [-0.2, -0.15) is 0 Å². The van der Waals surface area contributed by atoms with Crippen LogP contribution >= 0.6 is 0 Å². The molecule has 0 bridgehead atoms. The topological polar surface area (TPSA) is 16.4 Å². The summed E-state index contributed by atoms with van der Waals surface area (Å²) in [5, 5.41) is 2.15. The monoisotopic (exact) mass is 715 g/mol. The minimum Gasteiger partial charge on any atom is -0.455 e. The second-order valence-electron chi connectivity index (χ2n) is 14.1. The van der Waals surface area contributed by atoms with Gasteiger partial charge < -0.3 is 9.32 Å². The molecule has 56 heavy (non-hydrogen) atoms. The molecule has 0 unspecified atom stereocenters. The van der Waals surface area contributed by atoms with Crippen LogP contribution in [0.25, 0.3) is 77.6 Å². The average molecular weight is 716 g/mol. The standard InChI is InChI=1S/C54H37NO/c1-5-17-38(18-6-1)42-25-15-26-43(35-42)44-27-16-28-46(36-44)55(50-33-31-45(39-19-7-2-8-20-39)37-49(50)41-23-11-4-12-24-41)51-34-32-47(40-21-9-3-10-22-40)54-53(51)48-29-13-14-30-52(48)56-54/h1-37H. The van der Waals surface area contributed by atoms with Crippen molar-refractivity contribution in [2.75, 3.05) is 4.90 Å². The minimum absolute atomic E-state index is 0.862. The summed E-state index contributed by atoms with van der Waals surface area (Å²) in [5.41, 5.74) is 16.4. The van der Waals surface area contributed by atoms with Crippen molar-refractivity contribution in [3.05, 3.63) is 224 Å². The quantitative estimate of drug-likeness (QED) is 0.156. The van der Waals surface area contributed by atoms with Gasteiger partial charge in [0.1, 0.15) is 11.2 Å². The second-order valence-corrected chi connectivity index (χ2v) is 14.1. The van der Waals surface area contributed by atoms with Gasteiger partial charge in [-0.15, -0.1) is 0 Å². The first-order chi connectivity index (χ1) is 27.8. The van der Waals surface area contributed by atoms with Gasteiger partial charge in [0.2, 0.25) is 0 Å². The first-order valence-corrected chi connectivity index (χ1v) is 19.1. The fourth-order valence-electron chi connectivity index (χ4n) is 7.97. The van der Waals surface area contributed by atoms with Gasteiger partial charge in [-0.1, -0.05) is 176 Å². The van der Waals surface area contributed by atoms with E-state index < -0.39 is 0 Å². The molecule has 0 aliphatic rings. The molecule has 0 aliphatic carbocycles. The molecule has 2 heteroatoms. The predicted octanol–water partition coefficient (Wildman–Crippen LogP) is 15.4. The van der Waals surface area contributed by atoms with Gasteiger partial charge in [0.15, 0.2) is 0 Å². The summed E-state index contributed by atoms with van der Waals surface area (Å²) < 4.78 is 6.81. The van der Waals surface area contributed by atoms with Gasteiger partial charge >= 0.3 is 0 Å². The summed E-state index contributed by atoms with van der Waals surface area (Å²) >= 11 is 0. The lowest BCUT2D eigenvalue weighted by atomic mass is 9.94. The first kappa shape index (κ1) is 33.2. The van der Waals surface area contributed by atoms with E-state index in [1.54, 1.807) is 0 Å². The number of rotatable bonds is 8. The molecule has 1 aromatic heterocycles. The fourth-order valence-corrected chi connectivity index (χ4v) is 7.97. The molecule has 264 valence electrons. The average Bonchev–Trinajstić information content (AvgIpc) is 3.68. The molecule has 10 aromatic rings. The molecular formula is C54H37NO. The second kappa shape index (κ2) is 14.4. The van der Waals surface area contributed by atoms with Crippen molar-refractivity contribution in [3.8, 4) is 55.6 Å². The molecule has 2 nitrogen and oxygen atoms in total. The maximum absolute atomic E-state index is 6.81. The number of hydrogen-bond acceptors (Lipinski definition) is 2. The normalized spacial score (nSPS) is 11.2. The van der Waals surface area contributed by atoms with Gasteiger partial charge in [-0.05, 0) is 93.0 Å². The van der Waals surface area contributed by atoms with E-state index in [-0.39, 0.29) is 0 Å². The van der Waals surface area contributed by atoms with Crippen LogP contribution in [0.4, 0.5) is 17.1 Å². The van der Waals surface area contributed by atoms with E-state index in [1.807, 2.05) is 6.07 Å². The van der Waals surface area contributed by atoms with E-state index in [0.717, 1.165) is 77.9 Å². The van der Waals surface area contributed by atoms with E-state index in [2.05, 4.69) is 223 Å². The highest BCUT2D eigenvalue weighted by Crippen LogP contribution is 2.49. The van der Waals surface area contributed by atoms with E-state index in [9.17, 15) is 0 Å². The number of benzene rings is 9. The van der Waals surface area contributed by atoms with Crippen LogP contribution in [0.2, 0.25) is 0 Å². The molecule has 0 N–H and O–H groups in total. The summed E-state index contributed by atoms with van der Waals surface area (Å²) in [6.45, 7) is 0. The fraction of sp³-hybridized carbons (Fsp3) is 0. The summed E-state index contributed by atoms with van der Waals surface area (Å²) in [6, 6.07) is 80.0. The maximum atomic E-state index is 6.81. The zero-order chi connectivity index (χ0) is 37.3. The highest BCUT2D eigenvalue weighted by Gasteiger charge is 2.25. The third-order valence-electron chi connectivity index (χ3n) is 10.7. The van der Waals surface area contributed by atoms with E-state index in [1.165, 1.54) is 16.7 Å². The number of hydrogen-bond donors (Lipinski definition) is 0. The Labute approximate surface area is 327 Å². The zero-order valence-electron chi connectivity index (χ0n) is 30.7. The Bertz CT molecular complexity index is 2950. The van der Waals surface area contributed by atoms with Crippen molar-refractivity contribution in [3.63, 3.8) is 0 Å². The molecule has 0 spiro atoms. The summed E-state index contributed by atoms with van der Waals surface area (Å²) in [7, 11) is 0. The van der Waals surface area contributed by atoms with E-state index in [0.29, 0.717) is 0 Å². The number of para-hydroxylation sites is 1. The van der Waals surface area contributed by atoms with Gasteiger partial charge in [0.25, 0.3) is 0 Å². The Morgan fingerprint density at radius 1 is 0.304 bits per heavy atom. The Hall–Kier alpha value is -7.42. The third kappa shape index (κ3) is 6.14. The molecule has 0 aliphatic heterocycles. The number of anilines is 3. The molecule has 0 radical (unpaired) electrons. The largest absolute Gasteiger partial charge is 0.455 e. The molecule has 10 rings (SSSR count). The highest BCUT2D eigenvalue weighted by atomic mass is 16.3. The SMILES string of the molecule is c1ccc(-c2cccc(-c3cccc(N(c4ccc(-c5ccccc5)cc4-c4ccccc4)c4ccc(-c5ccccc5)c5oc6ccccc6c45)c3)c2)cc1. The van der Waals surface area contributed by atoms with Crippen LogP contribution in [0.3, 0.4) is 0 Å². The lowest BCUT2D eigenvalue weighted by molar-refractivity contribution is 0.670. The summed E-state index contributed by atoms with van der Waals surface area (Å²) in [6.07, 6.45) is 0. The molecule has 1 heterocycles. The maximum Gasteiger partial charge on any atom is 0.145 e. The lowest BCUT2D eigenvalue weighted by Crippen LogP contribution is -2.12. The van der Waals surface area contributed by atoms with Crippen molar-refractivity contribution in [2.24, 2.45) is 0 Å². The first-order valence-electron chi connectivity index (χ1n) is 19.1.